The zero-order valence-corrected chi connectivity index (χ0v) is 34.0. The molecule has 43 heavy (non-hydrogen) atoms. The van der Waals surface area contributed by atoms with Crippen LogP contribution in [0.3, 0.4) is 0 Å². The molecule has 6 nitrogen and oxygen atoms in total. The van der Waals surface area contributed by atoms with Crippen molar-refractivity contribution in [2.75, 3.05) is 0 Å². The summed E-state index contributed by atoms with van der Waals surface area (Å²) in [5.74, 6) is -0.561. The van der Waals surface area contributed by atoms with Crippen LogP contribution in [0.15, 0.2) is 133 Å². The van der Waals surface area contributed by atoms with Gasteiger partial charge in [0.1, 0.15) is 0 Å². The number of carboxylic acid groups (broad SMARTS) is 1. The van der Waals surface area contributed by atoms with Crippen molar-refractivity contribution in [1.82, 2.24) is 0 Å². The minimum absolute atomic E-state index is 0. The van der Waals surface area contributed by atoms with Gasteiger partial charge in [0.05, 0.1) is 0 Å². The Morgan fingerprint density at radius 1 is 0.651 bits per heavy atom. The van der Waals surface area contributed by atoms with Crippen molar-refractivity contribution in [2.45, 2.75) is 6.92 Å². The van der Waals surface area contributed by atoms with Crippen LogP contribution in [0.4, 0.5) is 0 Å². The molecule has 6 rings (SSSR count). The Bertz CT molecular complexity index is 1480. The largest absolute Gasteiger partial charge is 1.00 e. The van der Waals surface area contributed by atoms with Crippen molar-refractivity contribution < 1.29 is 183 Å². The van der Waals surface area contributed by atoms with Gasteiger partial charge in [-0.1, -0.05) is 103 Å². The predicted molar refractivity (Wildman–Crippen MR) is 153 cm³/mol. The summed E-state index contributed by atoms with van der Waals surface area (Å²) >= 11 is 0. The molecule has 9 heteroatoms. The van der Waals surface area contributed by atoms with Gasteiger partial charge in [0.2, 0.25) is 0 Å². The van der Waals surface area contributed by atoms with Gasteiger partial charge in [-0.25, -0.2) is 0 Å². The molecule has 0 radical (unpaired) electrons. The standard InChI is InChI=1S/C11H7O2.C10H8.C10H7.C2H4O2.CO2.3K/c12-8-13-11-6-5-9-3-1-2-4-10(9)7-11;2*1-2-6-10-8-4-3-7-9(10)5-1;1-2(3)4;2-1-3;;;/h1-7H;1-8H;1-3,5-8H;1H3,(H,3,4);;;;/q-1;;-1;;;3*+1/p-1. The Kier molecular flexibility index (Phi) is 28.6. The predicted octanol–water partition coefficient (Wildman–Crippen LogP) is -3.05. The molecule has 0 N–H and O–H groups in total. The second-order valence-corrected chi connectivity index (χ2v) is 7.89. The van der Waals surface area contributed by atoms with Crippen molar-refractivity contribution in [3.63, 3.8) is 0 Å². The molecule has 0 aliphatic carbocycles. The molecule has 0 aliphatic rings. The fourth-order valence-electron chi connectivity index (χ4n) is 3.48. The van der Waals surface area contributed by atoms with Gasteiger partial charge in [0.25, 0.3) is 0 Å². The normalized spacial score (nSPS) is 8.40. The van der Waals surface area contributed by atoms with E-state index in [-0.39, 0.29) is 160 Å². The zero-order chi connectivity index (χ0) is 29.0. The summed E-state index contributed by atoms with van der Waals surface area (Å²) in [6, 6.07) is 47.3. The Labute approximate surface area is 378 Å². The Morgan fingerprint density at radius 3 is 1.40 bits per heavy atom. The molecule has 0 saturated carbocycles. The molecule has 0 amide bonds. The summed E-state index contributed by atoms with van der Waals surface area (Å²) in [7, 11) is 0. The van der Waals surface area contributed by atoms with Crippen LogP contribution < -0.4 is 164 Å². The third-order valence-electron chi connectivity index (χ3n) is 5.13. The number of carboxylic acids is 1. The maximum atomic E-state index is 9.96. The van der Waals surface area contributed by atoms with Crippen LogP contribution in [-0.2, 0) is 19.2 Å². The monoisotopic (exact) mass is 646 g/mol. The van der Waals surface area contributed by atoms with E-state index in [1.54, 1.807) is 12.1 Å². The van der Waals surface area contributed by atoms with Crippen LogP contribution in [-0.4, -0.2) is 18.6 Å². The number of aliphatic carboxylic acids is 1. The van der Waals surface area contributed by atoms with Gasteiger partial charge in [0.15, 0.2) is 6.47 Å². The first-order valence-corrected chi connectivity index (χ1v) is 12.0. The fraction of sp³-hybridized carbons (Fsp3) is 0.0294. The number of carbonyl (C=O) groups excluding carboxylic acids is 4. The van der Waals surface area contributed by atoms with Gasteiger partial charge in [-0.15, -0.1) is 22.9 Å². The SMILES string of the molecule is CC(=O)[O-].O=C=O.O=[C-]Oc1ccc2ccccc2c1.[K+].[K+].[K+].[c-]1ccc2ccccc2c1.c1ccc2ccccc2c1. The molecule has 0 heterocycles. The molecule has 6 aromatic carbocycles. The molecule has 0 spiro atoms. The third-order valence-corrected chi connectivity index (χ3v) is 5.13. The first kappa shape index (κ1) is 44.5. The van der Waals surface area contributed by atoms with E-state index in [9.17, 15) is 4.79 Å². The van der Waals surface area contributed by atoms with Gasteiger partial charge in [-0.3, -0.25) is 0 Å². The van der Waals surface area contributed by atoms with E-state index in [0.717, 1.165) is 17.7 Å². The third kappa shape index (κ3) is 18.8. The summed E-state index contributed by atoms with van der Waals surface area (Å²) in [5.41, 5.74) is 0. The fourth-order valence-corrected chi connectivity index (χ4v) is 3.48. The van der Waals surface area contributed by atoms with E-state index in [2.05, 4.69) is 77.5 Å². The molecule has 0 atom stereocenters. The van der Waals surface area contributed by atoms with Gasteiger partial charge < -0.3 is 19.4 Å². The molecule has 0 aliphatic heterocycles. The van der Waals surface area contributed by atoms with Crippen LogP contribution in [0.5, 0.6) is 5.75 Å². The number of fused-ring (bicyclic) bond motifs is 3. The molecule has 6 aromatic rings. The second kappa shape index (κ2) is 27.6. The number of ether oxygens (including phenoxy) is 1. The van der Waals surface area contributed by atoms with E-state index in [1.165, 1.54) is 28.0 Å². The summed E-state index contributed by atoms with van der Waals surface area (Å²) in [4.78, 5) is 35.1. The molecule has 0 bridgehead atoms. The molecular formula is C34H25K3O6. The minimum atomic E-state index is -1.08. The average Bonchev–Trinajstić information content (AvgIpc) is 2.98. The van der Waals surface area contributed by atoms with Crippen molar-refractivity contribution in [1.29, 1.82) is 0 Å². The summed E-state index contributed by atoms with van der Waals surface area (Å²) in [5, 5.41) is 16.2. The minimum Gasteiger partial charge on any atom is -0.610 e. The van der Waals surface area contributed by atoms with Crippen LogP contribution in [0.25, 0.3) is 32.3 Å². The maximum Gasteiger partial charge on any atom is 1.00 e. The van der Waals surface area contributed by atoms with E-state index in [1.807, 2.05) is 54.6 Å². The van der Waals surface area contributed by atoms with E-state index in [4.69, 9.17) is 19.5 Å². The topological polar surface area (TPSA) is 101 Å². The number of hydrogen-bond acceptors (Lipinski definition) is 6. The van der Waals surface area contributed by atoms with E-state index in [0.29, 0.717) is 5.75 Å². The quantitative estimate of drug-likeness (QED) is 0.147. The van der Waals surface area contributed by atoms with Gasteiger partial charge in [-0.05, 0) is 34.2 Å². The van der Waals surface area contributed by atoms with Crippen LogP contribution in [0, 0.1) is 6.07 Å². The number of carbonyl (C=O) groups is 1. The van der Waals surface area contributed by atoms with Crippen LogP contribution in [0.2, 0.25) is 0 Å². The Balaban J connectivity index is 0. The number of benzene rings is 6. The smallest absolute Gasteiger partial charge is 0.610 e. The number of rotatable bonds is 2. The van der Waals surface area contributed by atoms with Gasteiger partial charge >= 0.3 is 160 Å². The molecular weight excluding hydrogens is 622 g/mol. The summed E-state index contributed by atoms with van der Waals surface area (Å²) in [6.45, 7) is 2.37. The van der Waals surface area contributed by atoms with E-state index >= 15 is 0 Å². The summed E-state index contributed by atoms with van der Waals surface area (Å²) < 4.78 is 4.61. The van der Waals surface area contributed by atoms with E-state index < -0.39 is 5.97 Å². The molecule has 0 fully saturated rings. The van der Waals surface area contributed by atoms with Crippen LogP contribution in [0.1, 0.15) is 6.92 Å². The Morgan fingerprint density at radius 2 is 1.00 bits per heavy atom. The summed E-state index contributed by atoms with van der Waals surface area (Å²) in [6.07, 6.45) is 0.250. The first-order chi connectivity index (χ1) is 19.5. The number of hydrogen-bond donors (Lipinski definition) is 0. The van der Waals surface area contributed by atoms with Crippen molar-refractivity contribution in [3.8, 4) is 5.75 Å². The van der Waals surface area contributed by atoms with Crippen molar-refractivity contribution in [3.05, 3.63) is 140 Å². The van der Waals surface area contributed by atoms with Gasteiger partial charge in [-0.2, -0.15) is 33.9 Å². The molecule has 200 valence electrons. The first-order valence-electron chi connectivity index (χ1n) is 12.0. The molecule has 0 unspecified atom stereocenters. The second-order valence-electron chi connectivity index (χ2n) is 7.89. The van der Waals surface area contributed by atoms with Crippen molar-refractivity contribution in [2.24, 2.45) is 0 Å². The van der Waals surface area contributed by atoms with Crippen LogP contribution >= 0.6 is 0 Å². The average molecular weight is 647 g/mol. The van der Waals surface area contributed by atoms with Crippen molar-refractivity contribution >= 4 is 50.9 Å². The Hall–Kier alpha value is -0.671. The molecule has 0 saturated heterocycles. The van der Waals surface area contributed by atoms with Gasteiger partial charge in [0, 0.05) is 5.97 Å². The molecule has 0 aromatic heterocycles. The maximum absolute atomic E-state index is 9.96. The zero-order valence-electron chi connectivity index (χ0n) is 24.7.